The zero-order valence-corrected chi connectivity index (χ0v) is 12.0. The first-order valence-corrected chi connectivity index (χ1v) is 6.79. The molecular formula is C17H14N2O3. The number of cyclic esters (lactones) is 1. The van der Waals surface area contributed by atoms with Gasteiger partial charge in [-0.1, -0.05) is 24.0 Å². The lowest BCUT2D eigenvalue weighted by Crippen LogP contribution is -2.18. The van der Waals surface area contributed by atoms with Crippen LogP contribution in [0.4, 0.5) is 4.79 Å². The van der Waals surface area contributed by atoms with Gasteiger partial charge in [0.05, 0.1) is 18.7 Å². The van der Waals surface area contributed by atoms with Crippen molar-refractivity contribution in [2.75, 3.05) is 13.7 Å². The average molecular weight is 294 g/mol. The third kappa shape index (κ3) is 3.01. The summed E-state index contributed by atoms with van der Waals surface area (Å²) in [6.45, 7) is 0.339. The molecule has 5 heteroatoms. The molecule has 0 saturated carbocycles. The minimum Gasteiger partial charge on any atom is -0.495 e. The molecule has 1 N–H and O–H groups in total. The Bertz CT molecular complexity index is 762. The van der Waals surface area contributed by atoms with Crippen LogP contribution in [0.3, 0.4) is 0 Å². The van der Waals surface area contributed by atoms with Gasteiger partial charge in [-0.25, -0.2) is 4.79 Å². The van der Waals surface area contributed by atoms with Crippen LogP contribution in [0.25, 0.3) is 0 Å². The van der Waals surface area contributed by atoms with Crippen molar-refractivity contribution in [3.63, 3.8) is 0 Å². The van der Waals surface area contributed by atoms with Crippen molar-refractivity contribution in [3.05, 3.63) is 59.4 Å². The van der Waals surface area contributed by atoms with Crippen LogP contribution < -0.4 is 10.1 Å². The van der Waals surface area contributed by atoms with Crippen molar-refractivity contribution < 1.29 is 14.3 Å². The van der Waals surface area contributed by atoms with Crippen LogP contribution in [0, 0.1) is 11.8 Å². The number of aromatic nitrogens is 1. The number of hydrogen-bond donors (Lipinski definition) is 1. The molecule has 0 radical (unpaired) electrons. The van der Waals surface area contributed by atoms with Crippen LogP contribution in [0.15, 0.2) is 42.7 Å². The largest absolute Gasteiger partial charge is 0.495 e. The highest BCUT2D eigenvalue weighted by Gasteiger charge is 2.23. The molecule has 5 nitrogen and oxygen atoms in total. The number of rotatable bonds is 2. The van der Waals surface area contributed by atoms with E-state index < -0.39 is 0 Å². The number of alkyl carbamates (subject to hydrolysis) is 1. The second-order valence-corrected chi connectivity index (χ2v) is 4.75. The summed E-state index contributed by atoms with van der Waals surface area (Å²) < 4.78 is 10.2. The minimum atomic E-state index is -0.387. The van der Waals surface area contributed by atoms with Crippen molar-refractivity contribution >= 4 is 6.09 Å². The maximum absolute atomic E-state index is 11.1. The van der Waals surface area contributed by atoms with Gasteiger partial charge in [0, 0.05) is 18.0 Å². The first-order valence-electron chi connectivity index (χ1n) is 6.79. The maximum Gasteiger partial charge on any atom is 0.407 e. The number of carbonyl (C=O) groups excluding carboxylic acids is 1. The SMILES string of the molecule is COc1ccncc1C#Cc1cccc([C@@H]2COC(=O)N2)c1. The first-order chi connectivity index (χ1) is 10.8. The van der Waals surface area contributed by atoms with Gasteiger partial charge < -0.3 is 14.8 Å². The van der Waals surface area contributed by atoms with Crippen molar-refractivity contribution in [2.45, 2.75) is 6.04 Å². The van der Waals surface area contributed by atoms with E-state index in [4.69, 9.17) is 9.47 Å². The minimum absolute atomic E-state index is 0.123. The van der Waals surface area contributed by atoms with Crippen LogP contribution in [0.1, 0.15) is 22.7 Å². The number of benzene rings is 1. The molecule has 0 aliphatic carbocycles. The van der Waals surface area contributed by atoms with Crippen LogP contribution >= 0.6 is 0 Å². The molecule has 2 aromatic rings. The second kappa shape index (κ2) is 6.19. The Kier molecular flexibility index (Phi) is 3.92. The third-order valence-corrected chi connectivity index (χ3v) is 3.30. The predicted molar refractivity (Wildman–Crippen MR) is 80.4 cm³/mol. The Hall–Kier alpha value is -3.00. The van der Waals surface area contributed by atoms with Gasteiger partial charge in [-0.3, -0.25) is 4.98 Å². The fourth-order valence-corrected chi connectivity index (χ4v) is 2.19. The number of amides is 1. The standard InChI is InChI=1S/C17H14N2O3/c1-21-16-7-8-18-10-14(16)6-5-12-3-2-4-13(9-12)15-11-22-17(20)19-15/h2-4,7-10,15H,11H2,1H3,(H,19,20)/t15-/m0/s1. The van der Waals surface area contributed by atoms with Crippen molar-refractivity contribution in [3.8, 4) is 17.6 Å². The van der Waals surface area contributed by atoms with Crippen LogP contribution in [0.2, 0.25) is 0 Å². The van der Waals surface area contributed by atoms with E-state index in [1.165, 1.54) is 0 Å². The average Bonchev–Trinajstić information content (AvgIpc) is 3.00. The fraction of sp³-hybridized carbons (Fsp3) is 0.176. The van der Waals surface area contributed by atoms with E-state index in [1.54, 1.807) is 25.6 Å². The molecule has 1 aliphatic rings. The predicted octanol–water partition coefficient (Wildman–Crippen LogP) is 2.27. The molecule has 1 aliphatic heterocycles. The lowest BCUT2D eigenvalue weighted by molar-refractivity contribution is 0.177. The van der Waals surface area contributed by atoms with E-state index in [9.17, 15) is 4.79 Å². The fourth-order valence-electron chi connectivity index (χ4n) is 2.19. The highest BCUT2D eigenvalue weighted by molar-refractivity contribution is 5.70. The van der Waals surface area contributed by atoms with Gasteiger partial charge in [0.15, 0.2) is 0 Å². The lowest BCUT2D eigenvalue weighted by Gasteiger charge is -2.07. The van der Waals surface area contributed by atoms with Gasteiger partial charge in [0.2, 0.25) is 0 Å². The Morgan fingerprint density at radius 2 is 2.27 bits per heavy atom. The van der Waals surface area contributed by atoms with Gasteiger partial charge in [-0.15, -0.1) is 0 Å². The topological polar surface area (TPSA) is 60.5 Å². The molecule has 1 saturated heterocycles. The van der Waals surface area contributed by atoms with E-state index in [-0.39, 0.29) is 12.1 Å². The molecule has 2 heterocycles. The third-order valence-electron chi connectivity index (χ3n) is 3.30. The lowest BCUT2D eigenvalue weighted by atomic mass is 10.0. The quantitative estimate of drug-likeness (QED) is 0.863. The molecule has 3 rings (SSSR count). The number of hydrogen-bond acceptors (Lipinski definition) is 4. The van der Waals surface area contributed by atoms with Gasteiger partial charge >= 0.3 is 6.09 Å². The molecule has 0 spiro atoms. The summed E-state index contributed by atoms with van der Waals surface area (Å²) in [6, 6.07) is 9.35. The Morgan fingerprint density at radius 3 is 3.05 bits per heavy atom. The number of nitrogens with zero attached hydrogens (tertiary/aromatic N) is 1. The van der Waals surface area contributed by atoms with Crippen LogP contribution in [-0.2, 0) is 4.74 Å². The van der Waals surface area contributed by atoms with Crippen molar-refractivity contribution in [1.29, 1.82) is 0 Å². The van der Waals surface area contributed by atoms with Crippen LogP contribution in [0.5, 0.6) is 5.75 Å². The summed E-state index contributed by atoms with van der Waals surface area (Å²) in [5, 5.41) is 2.75. The summed E-state index contributed by atoms with van der Waals surface area (Å²) in [4.78, 5) is 15.2. The number of carbonyl (C=O) groups is 1. The summed E-state index contributed by atoms with van der Waals surface area (Å²) in [6.07, 6.45) is 2.94. The van der Waals surface area contributed by atoms with Crippen molar-refractivity contribution in [1.82, 2.24) is 10.3 Å². The summed E-state index contributed by atoms with van der Waals surface area (Å²) in [5.41, 5.74) is 2.55. The molecule has 0 unspecified atom stereocenters. The monoisotopic (exact) mass is 294 g/mol. The Morgan fingerprint density at radius 1 is 1.36 bits per heavy atom. The van der Waals surface area contributed by atoms with E-state index in [2.05, 4.69) is 22.1 Å². The molecule has 110 valence electrons. The summed E-state index contributed by atoms with van der Waals surface area (Å²) in [7, 11) is 1.60. The van der Waals surface area contributed by atoms with E-state index in [0.717, 1.165) is 16.7 Å². The second-order valence-electron chi connectivity index (χ2n) is 4.75. The normalized spacial score (nSPS) is 16.2. The van der Waals surface area contributed by atoms with Crippen LogP contribution in [-0.4, -0.2) is 24.8 Å². The molecule has 22 heavy (non-hydrogen) atoms. The van der Waals surface area contributed by atoms with E-state index in [1.807, 2.05) is 24.3 Å². The number of methoxy groups -OCH3 is 1. The summed E-state index contributed by atoms with van der Waals surface area (Å²) in [5.74, 6) is 6.83. The van der Waals surface area contributed by atoms with Crippen molar-refractivity contribution in [2.24, 2.45) is 0 Å². The molecular weight excluding hydrogens is 280 g/mol. The highest BCUT2D eigenvalue weighted by Crippen LogP contribution is 2.19. The first kappa shape index (κ1) is 14.0. The number of ether oxygens (including phenoxy) is 2. The molecule has 0 bridgehead atoms. The Balaban J connectivity index is 1.85. The zero-order valence-electron chi connectivity index (χ0n) is 12.0. The molecule has 1 fully saturated rings. The highest BCUT2D eigenvalue weighted by atomic mass is 16.6. The number of nitrogens with one attached hydrogen (secondary N) is 1. The van der Waals surface area contributed by atoms with Gasteiger partial charge in [0.25, 0.3) is 0 Å². The van der Waals surface area contributed by atoms with E-state index in [0.29, 0.717) is 12.4 Å². The maximum atomic E-state index is 11.1. The van der Waals surface area contributed by atoms with Gasteiger partial charge in [0.1, 0.15) is 12.4 Å². The smallest absolute Gasteiger partial charge is 0.407 e. The zero-order chi connectivity index (χ0) is 15.4. The van der Waals surface area contributed by atoms with E-state index >= 15 is 0 Å². The molecule has 1 aromatic carbocycles. The Labute approximate surface area is 128 Å². The molecule has 1 amide bonds. The number of pyridine rings is 1. The van der Waals surface area contributed by atoms with Gasteiger partial charge in [-0.2, -0.15) is 0 Å². The van der Waals surface area contributed by atoms with Gasteiger partial charge in [-0.05, 0) is 23.8 Å². The summed E-state index contributed by atoms with van der Waals surface area (Å²) >= 11 is 0. The molecule has 1 atom stereocenters. The molecule has 1 aromatic heterocycles.